The van der Waals surface area contributed by atoms with Gasteiger partial charge in [0.15, 0.2) is 0 Å². The molecule has 1 fully saturated rings. The Bertz CT molecular complexity index is 734. The van der Waals surface area contributed by atoms with Crippen LogP contribution < -0.4 is 9.47 Å². The van der Waals surface area contributed by atoms with Crippen molar-refractivity contribution in [2.45, 2.75) is 25.4 Å². The average molecular weight is 359 g/mol. The Kier molecular flexibility index (Phi) is 5.72. The molecule has 1 aliphatic heterocycles. The normalized spacial score (nSPS) is 16.9. The summed E-state index contributed by atoms with van der Waals surface area (Å²) >= 11 is 0. The first-order chi connectivity index (χ1) is 12.6. The second-order valence-electron chi connectivity index (χ2n) is 6.46. The van der Waals surface area contributed by atoms with Crippen LogP contribution in [0.5, 0.6) is 11.5 Å². The summed E-state index contributed by atoms with van der Waals surface area (Å²) in [6.07, 6.45) is 3.38. The van der Waals surface area contributed by atoms with Gasteiger partial charge in [0, 0.05) is 18.2 Å². The highest BCUT2D eigenvalue weighted by Crippen LogP contribution is 2.38. The van der Waals surface area contributed by atoms with Crippen LogP contribution in [0.3, 0.4) is 0 Å². The molecule has 26 heavy (non-hydrogen) atoms. The average Bonchev–Trinajstić information content (AvgIpc) is 3.32. The van der Waals surface area contributed by atoms with Gasteiger partial charge in [-0.25, -0.2) is 4.98 Å². The quantitative estimate of drug-likeness (QED) is 0.809. The van der Waals surface area contributed by atoms with E-state index in [-0.39, 0.29) is 11.9 Å². The van der Waals surface area contributed by atoms with Crippen LogP contribution >= 0.6 is 0 Å². The molecule has 1 amide bonds. The summed E-state index contributed by atoms with van der Waals surface area (Å²) in [5, 5.41) is 6.65. The molecule has 3 rings (SSSR count). The smallest absolute Gasteiger partial charge is 0.237 e. The van der Waals surface area contributed by atoms with Crippen molar-refractivity contribution in [3.05, 3.63) is 35.9 Å². The zero-order valence-electron chi connectivity index (χ0n) is 15.4. The summed E-state index contributed by atoms with van der Waals surface area (Å²) in [5.41, 5.74) is 1.03. The van der Waals surface area contributed by atoms with Crippen molar-refractivity contribution in [2.24, 2.45) is 0 Å². The monoisotopic (exact) mass is 359 g/mol. The fourth-order valence-corrected chi connectivity index (χ4v) is 3.42. The maximum absolute atomic E-state index is 12.9. The third-order valence-corrected chi connectivity index (χ3v) is 4.66. The number of H-pyrrole nitrogens is 1. The lowest BCUT2D eigenvalue weighted by atomic mass is 10.0. The Balaban J connectivity index is 1.70. The van der Waals surface area contributed by atoms with E-state index in [1.165, 1.54) is 6.33 Å². The van der Waals surface area contributed by atoms with Gasteiger partial charge >= 0.3 is 0 Å². The number of carbonyl (C=O) groups is 1. The maximum atomic E-state index is 12.9. The Morgan fingerprint density at radius 2 is 2.23 bits per heavy atom. The van der Waals surface area contributed by atoms with Crippen LogP contribution in [0.25, 0.3) is 0 Å². The number of hydrogen-bond acceptors (Lipinski definition) is 6. The van der Waals surface area contributed by atoms with E-state index in [2.05, 4.69) is 15.2 Å². The molecule has 8 nitrogen and oxygen atoms in total. The first-order valence-electron chi connectivity index (χ1n) is 8.66. The summed E-state index contributed by atoms with van der Waals surface area (Å²) in [4.78, 5) is 20.8. The van der Waals surface area contributed by atoms with Gasteiger partial charge in [-0.2, -0.15) is 5.10 Å². The van der Waals surface area contributed by atoms with E-state index in [4.69, 9.17) is 9.47 Å². The number of hydrogen-bond donors (Lipinski definition) is 1. The topological polar surface area (TPSA) is 83.6 Å². The molecule has 1 N–H and O–H groups in total. The third kappa shape index (κ3) is 3.96. The number of aromatic amines is 1. The molecule has 2 aromatic rings. The molecule has 1 saturated heterocycles. The zero-order valence-corrected chi connectivity index (χ0v) is 15.4. The van der Waals surface area contributed by atoms with E-state index in [0.717, 1.165) is 42.3 Å². The van der Waals surface area contributed by atoms with Gasteiger partial charge in [0.2, 0.25) is 5.91 Å². The fraction of sp³-hybridized carbons (Fsp3) is 0.500. The van der Waals surface area contributed by atoms with Crippen molar-refractivity contribution >= 4 is 5.91 Å². The van der Waals surface area contributed by atoms with Crippen molar-refractivity contribution < 1.29 is 14.3 Å². The van der Waals surface area contributed by atoms with Gasteiger partial charge < -0.3 is 14.4 Å². The predicted molar refractivity (Wildman–Crippen MR) is 96.0 cm³/mol. The number of carbonyl (C=O) groups excluding carboxylic acids is 1. The van der Waals surface area contributed by atoms with Crippen molar-refractivity contribution in [1.29, 1.82) is 0 Å². The van der Waals surface area contributed by atoms with E-state index in [1.54, 1.807) is 14.2 Å². The molecule has 1 aromatic carbocycles. The molecule has 0 spiro atoms. The van der Waals surface area contributed by atoms with E-state index in [9.17, 15) is 4.79 Å². The predicted octanol–water partition coefficient (Wildman–Crippen LogP) is 1.62. The highest BCUT2D eigenvalue weighted by atomic mass is 16.5. The highest BCUT2D eigenvalue weighted by Gasteiger charge is 2.32. The van der Waals surface area contributed by atoms with Crippen LogP contribution in [0, 0.1) is 0 Å². The number of likely N-dealkylation sites (N-methyl/N-ethyl adjacent to an activating group) is 1. The van der Waals surface area contributed by atoms with Gasteiger partial charge in [0.05, 0.1) is 33.4 Å². The molecular weight excluding hydrogens is 334 g/mol. The van der Waals surface area contributed by atoms with Crippen LogP contribution in [0.1, 0.15) is 30.3 Å². The minimum Gasteiger partial charge on any atom is -0.497 e. The summed E-state index contributed by atoms with van der Waals surface area (Å²) in [5.74, 6) is 2.35. The molecule has 1 aliphatic rings. The molecule has 140 valence electrons. The van der Waals surface area contributed by atoms with E-state index in [1.807, 2.05) is 35.0 Å². The number of benzene rings is 1. The molecule has 1 atom stereocenters. The summed E-state index contributed by atoms with van der Waals surface area (Å²) in [7, 11) is 5.17. The second-order valence-corrected chi connectivity index (χ2v) is 6.46. The SMILES string of the molecule is COc1ccc(C2CCCN2C(=O)CN(C)Cc2ncn[nH]2)c(OC)c1. The summed E-state index contributed by atoms with van der Waals surface area (Å²) in [6.45, 7) is 1.64. The van der Waals surface area contributed by atoms with Crippen molar-refractivity contribution in [3.63, 3.8) is 0 Å². The lowest BCUT2D eigenvalue weighted by molar-refractivity contribution is -0.133. The van der Waals surface area contributed by atoms with E-state index in [0.29, 0.717) is 13.1 Å². The number of ether oxygens (including phenoxy) is 2. The maximum Gasteiger partial charge on any atom is 0.237 e. The molecule has 0 saturated carbocycles. The number of rotatable bonds is 7. The van der Waals surface area contributed by atoms with E-state index < -0.39 is 0 Å². The molecule has 2 heterocycles. The fourth-order valence-electron chi connectivity index (χ4n) is 3.42. The molecule has 1 aromatic heterocycles. The Labute approximate surface area is 153 Å². The molecule has 0 bridgehead atoms. The van der Waals surface area contributed by atoms with Crippen LogP contribution in [0.4, 0.5) is 0 Å². The number of nitrogens with one attached hydrogen (secondary N) is 1. The van der Waals surface area contributed by atoms with Gasteiger partial charge in [-0.3, -0.25) is 14.8 Å². The molecular formula is C18H25N5O3. The first kappa shape index (κ1) is 18.2. The number of aromatic nitrogens is 3. The highest BCUT2D eigenvalue weighted by molar-refractivity contribution is 5.79. The minimum absolute atomic E-state index is 0.0297. The second kappa shape index (κ2) is 8.18. The molecule has 0 aliphatic carbocycles. The lowest BCUT2D eigenvalue weighted by Crippen LogP contribution is -2.38. The van der Waals surface area contributed by atoms with Gasteiger partial charge in [-0.05, 0) is 32.0 Å². The molecule has 0 radical (unpaired) electrons. The Hall–Kier alpha value is -2.61. The van der Waals surface area contributed by atoms with E-state index >= 15 is 0 Å². The van der Waals surface area contributed by atoms with Crippen LogP contribution in [-0.2, 0) is 11.3 Å². The first-order valence-corrected chi connectivity index (χ1v) is 8.66. The summed E-state index contributed by atoms with van der Waals surface area (Å²) < 4.78 is 10.8. The van der Waals surface area contributed by atoms with Crippen molar-refractivity contribution in [1.82, 2.24) is 25.0 Å². The number of amides is 1. The molecule has 1 unspecified atom stereocenters. The molecule has 8 heteroatoms. The van der Waals surface area contributed by atoms with Gasteiger partial charge in [0.1, 0.15) is 23.7 Å². The van der Waals surface area contributed by atoms with Crippen LogP contribution in [-0.4, -0.2) is 65.2 Å². The van der Waals surface area contributed by atoms with Gasteiger partial charge in [-0.1, -0.05) is 0 Å². The van der Waals surface area contributed by atoms with Gasteiger partial charge in [0.25, 0.3) is 0 Å². The zero-order chi connectivity index (χ0) is 18.5. The number of likely N-dealkylation sites (tertiary alicyclic amines) is 1. The standard InChI is InChI=1S/C18H25N5O3/c1-22(10-17-19-12-20-21-17)11-18(24)23-8-4-5-15(23)14-7-6-13(25-2)9-16(14)26-3/h6-7,9,12,15H,4-5,8,10-11H2,1-3H3,(H,19,20,21). The lowest BCUT2D eigenvalue weighted by Gasteiger charge is -2.28. The van der Waals surface area contributed by atoms with Crippen molar-refractivity contribution in [2.75, 3.05) is 34.4 Å². The van der Waals surface area contributed by atoms with Crippen LogP contribution in [0.15, 0.2) is 24.5 Å². The summed E-state index contributed by atoms with van der Waals surface area (Å²) in [6, 6.07) is 5.80. The Morgan fingerprint density at radius 1 is 1.38 bits per heavy atom. The van der Waals surface area contributed by atoms with Crippen molar-refractivity contribution in [3.8, 4) is 11.5 Å². The Morgan fingerprint density at radius 3 is 2.92 bits per heavy atom. The largest absolute Gasteiger partial charge is 0.497 e. The number of methoxy groups -OCH3 is 2. The minimum atomic E-state index is 0.0297. The number of nitrogens with zero attached hydrogens (tertiary/aromatic N) is 4. The third-order valence-electron chi connectivity index (χ3n) is 4.66. The van der Waals surface area contributed by atoms with Crippen LogP contribution in [0.2, 0.25) is 0 Å². The van der Waals surface area contributed by atoms with Gasteiger partial charge in [-0.15, -0.1) is 0 Å².